The molecule has 0 spiro atoms. The lowest BCUT2D eigenvalue weighted by atomic mass is 9.85. The van der Waals surface area contributed by atoms with Crippen LogP contribution < -0.4 is 5.32 Å². The molecule has 190 valence electrons. The van der Waals surface area contributed by atoms with Crippen molar-refractivity contribution < 1.29 is 18.7 Å². The highest BCUT2D eigenvalue weighted by Crippen LogP contribution is 2.38. The van der Waals surface area contributed by atoms with Crippen LogP contribution in [0.25, 0.3) is 22.0 Å². The number of aromatic hydroxyl groups is 1. The molecule has 8 heteroatoms. The van der Waals surface area contributed by atoms with Gasteiger partial charge in [-0.2, -0.15) is 0 Å². The quantitative estimate of drug-likeness (QED) is 0.354. The summed E-state index contributed by atoms with van der Waals surface area (Å²) in [6.07, 6.45) is 8.31. The minimum atomic E-state index is -0.934. The van der Waals surface area contributed by atoms with Gasteiger partial charge in [0, 0.05) is 35.8 Å². The molecule has 0 amide bonds. The van der Waals surface area contributed by atoms with Crippen LogP contribution in [0.1, 0.15) is 55.8 Å². The zero-order chi connectivity index (χ0) is 25.4. The summed E-state index contributed by atoms with van der Waals surface area (Å²) < 4.78 is 29.2. The van der Waals surface area contributed by atoms with E-state index in [1.807, 2.05) is 0 Å². The van der Waals surface area contributed by atoms with Crippen LogP contribution in [0, 0.1) is 17.6 Å². The fraction of sp³-hybridized carbons (Fsp3) is 0.429. The maximum Gasteiger partial charge on any atom is 0.170 e. The van der Waals surface area contributed by atoms with Crippen molar-refractivity contribution in [2.75, 3.05) is 25.0 Å². The van der Waals surface area contributed by atoms with Gasteiger partial charge in [-0.1, -0.05) is 11.6 Å². The first kappa shape index (κ1) is 24.9. The molecule has 0 atom stereocenters. The van der Waals surface area contributed by atoms with Crippen molar-refractivity contribution in [2.45, 2.75) is 51.5 Å². The van der Waals surface area contributed by atoms with Crippen molar-refractivity contribution in [3.05, 3.63) is 52.7 Å². The SMILES string of the molecule is CC(=O)c1cnc2cc(F)c(-c3cc(F)c(O)c(Cl)c3)cc2c1N[C@H]1CC[C@H](CN2CCCC2)CC1. The van der Waals surface area contributed by atoms with E-state index in [9.17, 15) is 14.3 Å². The Morgan fingerprint density at radius 2 is 1.83 bits per heavy atom. The van der Waals surface area contributed by atoms with Gasteiger partial charge in [0.2, 0.25) is 0 Å². The lowest BCUT2D eigenvalue weighted by Gasteiger charge is -2.32. The Bertz CT molecular complexity index is 1280. The van der Waals surface area contributed by atoms with Gasteiger partial charge in [0.05, 0.1) is 21.8 Å². The van der Waals surface area contributed by atoms with Gasteiger partial charge in [0.25, 0.3) is 0 Å². The maximum atomic E-state index is 15.1. The molecule has 0 unspecified atom stereocenters. The van der Waals surface area contributed by atoms with Gasteiger partial charge in [-0.05, 0) is 88.2 Å². The van der Waals surface area contributed by atoms with E-state index in [2.05, 4.69) is 15.2 Å². The van der Waals surface area contributed by atoms with E-state index in [0.29, 0.717) is 28.1 Å². The first-order chi connectivity index (χ1) is 17.3. The minimum Gasteiger partial charge on any atom is -0.504 e. The van der Waals surface area contributed by atoms with Crippen LogP contribution in [0.3, 0.4) is 0 Å². The number of phenolic OH excluding ortho intramolecular Hbond substituents is 1. The van der Waals surface area contributed by atoms with E-state index >= 15 is 4.39 Å². The van der Waals surface area contributed by atoms with Crippen LogP contribution in [-0.2, 0) is 0 Å². The number of aromatic nitrogens is 1. The number of Topliss-reactive ketones (excluding diaryl/α,β-unsaturated/α-hetero) is 1. The Hall–Kier alpha value is -2.77. The van der Waals surface area contributed by atoms with Crippen molar-refractivity contribution >= 4 is 34.0 Å². The van der Waals surface area contributed by atoms with Gasteiger partial charge < -0.3 is 15.3 Å². The number of phenols is 1. The smallest absolute Gasteiger partial charge is 0.170 e. The molecule has 36 heavy (non-hydrogen) atoms. The zero-order valence-corrected chi connectivity index (χ0v) is 21.0. The number of ketones is 1. The summed E-state index contributed by atoms with van der Waals surface area (Å²) in [4.78, 5) is 19.4. The second kappa shape index (κ2) is 10.3. The fourth-order valence-electron chi connectivity index (χ4n) is 5.60. The van der Waals surface area contributed by atoms with E-state index < -0.39 is 17.4 Å². The molecule has 2 N–H and O–H groups in total. The van der Waals surface area contributed by atoms with Crippen LogP contribution in [0.15, 0.2) is 30.5 Å². The first-order valence-electron chi connectivity index (χ1n) is 12.6. The van der Waals surface area contributed by atoms with Crippen LogP contribution >= 0.6 is 11.6 Å². The van der Waals surface area contributed by atoms with E-state index in [-0.39, 0.29) is 28.0 Å². The number of hydrogen-bond donors (Lipinski definition) is 2. The largest absolute Gasteiger partial charge is 0.504 e. The topological polar surface area (TPSA) is 65.5 Å². The second-order valence-electron chi connectivity index (χ2n) is 10.1. The number of fused-ring (bicyclic) bond motifs is 1. The molecule has 1 saturated heterocycles. The summed E-state index contributed by atoms with van der Waals surface area (Å²) in [5.41, 5.74) is 1.77. The molecule has 0 radical (unpaired) electrons. The molecule has 2 fully saturated rings. The predicted molar refractivity (Wildman–Crippen MR) is 139 cm³/mol. The number of benzene rings is 2. The highest BCUT2D eigenvalue weighted by molar-refractivity contribution is 6.32. The van der Waals surface area contributed by atoms with E-state index in [0.717, 1.165) is 38.3 Å². The zero-order valence-electron chi connectivity index (χ0n) is 20.3. The average molecular weight is 514 g/mol. The molecule has 1 aliphatic carbocycles. The normalized spacial score (nSPS) is 20.7. The number of likely N-dealkylation sites (tertiary alicyclic amines) is 1. The number of carbonyl (C=O) groups is 1. The Balaban J connectivity index is 1.46. The number of nitrogens with zero attached hydrogens (tertiary/aromatic N) is 2. The van der Waals surface area contributed by atoms with Crippen molar-refractivity contribution in [1.82, 2.24) is 9.88 Å². The van der Waals surface area contributed by atoms with Crippen molar-refractivity contribution in [2.24, 2.45) is 5.92 Å². The number of anilines is 1. The number of halogens is 3. The number of hydrogen-bond acceptors (Lipinski definition) is 5. The Labute approximate surface area is 214 Å². The molecule has 1 aliphatic heterocycles. The van der Waals surface area contributed by atoms with Crippen LogP contribution in [0.2, 0.25) is 5.02 Å². The third kappa shape index (κ3) is 5.04. The number of carbonyl (C=O) groups excluding carboxylic acids is 1. The molecule has 3 aromatic rings. The summed E-state index contributed by atoms with van der Waals surface area (Å²) in [7, 11) is 0. The fourth-order valence-corrected chi connectivity index (χ4v) is 5.81. The molecule has 5 rings (SSSR count). The summed E-state index contributed by atoms with van der Waals surface area (Å²) in [6.45, 7) is 5.06. The van der Waals surface area contributed by atoms with Gasteiger partial charge in [-0.15, -0.1) is 0 Å². The first-order valence-corrected chi connectivity index (χ1v) is 13.0. The summed E-state index contributed by atoms with van der Waals surface area (Å²) >= 11 is 5.95. The summed E-state index contributed by atoms with van der Waals surface area (Å²) in [5, 5.41) is 13.6. The van der Waals surface area contributed by atoms with Gasteiger partial charge >= 0.3 is 0 Å². The molecular weight excluding hydrogens is 484 g/mol. The predicted octanol–water partition coefficient (Wildman–Crippen LogP) is 6.81. The second-order valence-corrected chi connectivity index (χ2v) is 10.5. The summed E-state index contributed by atoms with van der Waals surface area (Å²) in [5.74, 6) is -1.65. The molecule has 0 bridgehead atoms. The van der Waals surface area contributed by atoms with Gasteiger partial charge in [-0.25, -0.2) is 8.78 Å². The maximum absolute atomic E-state index is 15.1. The van der Waals surface area contributed by atoms with Gasteiger partial charge in [0.1, 0.15) is 5.82 Å². The molecule has 1 aromatic heterocycles. The third-order valence-corrected chi connectivity index (χ3v) is 7.86. The third-order valence-electron chi connectivity index (χ3n) is 7.57. The van der Waals surface area contributed by atoms with Crippen LogP contribution in [0.4, 0.5) is 14.5 Å². The van der Waals surface area contributed by atoms with E-state index in [1.54, 1.807) is 6.07 Å². The minimum absolute atomic E-state index is 0.114. The Kier molecular flexibility index (Phi) is 7.13. The highest BCUT2D eigenvalue weighted by atomic mass is 35.5. The standard InChI is InChI=1S/C28H30ClF2N3O2/c1-16(35)22-14-32-26-13-24(30)20(18-10-23(29)28(36)25(31)11-18)12-21(26)27(22)33-19-6-4-17(5-7-19)15-34-8-2-3-9-34/h10-14,17,19,36H,2-9,15H2,1H3,(H,32,33)/t17-,19-. The molecule has 5 nitrogen and oxygen atoms in total. The van der Waals surface area contributed by atoms with Gasteiger partial charge in [-0.3, -0.25) is 9.78 Å². The molecule has 1 saturated carbocycles. The molecule has 2 heterocycles. The van der Waals surface area contributed by atoms with Crippen molar-refractivity contribution in [3.8, 4) is 16.9 Å². The number of pyridine rings is 1. The Morgan fingerprint density at radius 3 is 2.50 bits per heavy atom. The van der Waals surface area contributed by atoms with Crippen molar-refractivity contribution in [1.29, 1.82) is 0 Å². The van der Waals surface area contributed by atoms with Crippen molar-refractivity contribution in [3.63, 3.8) is 0 Å². The average Bonchev–Trinajstić information content (AvgIpc) is 3.36. The van der Waals surface area contributed by atoms with Crippen LogP contribution in [0.5, 0.6) is 5.75 Å². The van der Waals surface area contributed by atoms with Crippen LogP contribution in [-0.4, -0.2) is 46.4 Å². The van der Waals surface area contributed by atoms with Gasteiger partial charge in [0.15, 0.2) is 17.3 Å². The lowest BCUT2D eigenvalue weighted by molar-refractivity contribution is 0.101. The molecule has 2 aromatic carbocycles. The number of rotatable bonds is 6. The van der Waals surface area contributed by atoms with E-state index in [4.69, 9.17) is 11.6 Å². The monoisotopic (exact) mass is 513 g/mol. The number of nitrogens with one attached hydrogen (secondary N) is 1. The lowest BCUT2D eigenvalue weighted by Crippen LogP contribution is -2.33. The summed E-state index contributed by atoms with van der Waals surface area (Å²) in [6, 6.07) is 5.42. The molecular formula is C28H30ClF2N3O2. The van der Waals surface area contributed by atoms with E-state index in [1.165, 1.54) is 51.2 Å². The molecule has 2 aliphatic rings. The Morgan fingerprint density at radius 1 is 1.11 bits per heavy atom. The highest BCUT2D eigenvalue weighted by Gasteiger charge is 2.26.